The summed E-state index contributed by atoms with van der Waals surface area (Å²) in [6.45, 7) is 5.39. The molecule has 32 heavy (non-hydrogen) atoms. The molecule has 0 fully saturated rings. The third-order valence-electron chi connectivity index (χ3n) is 4.48. The van der Waals surface area contributed by atoms with E-state index >= 15 is 0 Å². The van der Waals surface area contributed by atoms with Crippen molar-refractivity contribution in [2.24, 2.45) is 9.98 Å². The van der Waals surface area contributed by atoms with Crippen molar-refractivity contribution in [3.63, 3.8) is 0 Å². The first-order valence-electron chi connectivity index (χ1n) is 10.0. The predicted molar refractivity (Wildman–Crippen MR) is 133 cm³/mol. The molecule has 0 unspecified atom stereocenters. The molecule has 0 saturated heterocycles. The van der Waals surface area contributed by atoms with E-state index in [2.05, 4.69) is 22.0 Å². The minimum Gasteiger partial charge on any atom is -0.508 e. The maximum atomic E-state index is 10.9. The molecule has 164 valence electrons. The molecule has 0 aliphatic carbocycles. The van der Waals surface area contributed by atoms with Crippen LogP contribution in [0.2, 0.25) is 0 Å². The van der Waals surface area contributed by atoms with Crippen LogP contribution in [0, 0.1) is 0 Å². The Morgan fingerprint density at radius 3 is 2.16 bits per heavy atom. The Bertz CT molecular complexity index is 1070. The lowest BCUT2D eigenvalue weighted by atomic mass is 10.1. The Kier molecular flexibility index (Phi) is 9.40. The molecule has 0 aliphatic heterocycles. The van der Waals surface area contributed by atoms with Crippen molar-refractivity contribution in [1.82, 2.24) is 5.32 Å². The second-order valence-corrected chi connectivity index (χ2v) is 6.90. The molecule has 0 bridgehead atoms. The fourth-order valence-electron chi connectivity index (χ4n) is 2.73. The minimum atomic E-state index is 0.0520. The highest BCUT2D eigenvalue weighted by molar-refractivity contribution is 6.01. The van der Waals surface area contributed by atoms with E-state index in [9.17, 15) is 9.90 Å². The van der Waals surface area contributed by atoms with Gasteiger partial charge in [0.15, 0.2) is 0 Å². The van der Waals surface area contributed by atoms with Gasteiger partial charge in [0, 0.05) is 24.0 Å². The number of nitrogens with two attached hydrogens (primary N) is 1. The number of aliphatic imine (C=N–C) groups is 2. The lowest BCUT2D eigenvalue weighted by Gasteiger charge is -2.05. The van der Waals surface area contributed by atoms with Crippen molar-refractivity contribution in [1.29, 1.82) is 0 Å². The molecule has 0 aliphatic rings. The average molecular weight is 429 g/mol. The van der Waals surface area contributed by atoms with Crippen LogP contribution < -0.4 is 11.1 Å². The number of hydrogen-bond donors (Lipinski definition) is 3. The molecular weight excluding hydrogens is 400 g/mol. The van der Waals surface area contributed by atoms with E-state index in [1.807, 2.05) is 73.7 Å². The Balaban J connectivity index is 0.000000278. The SMILES string of the molecule is C=N/C=C(\N=C(C)c1ccc(O)cc1)c1ccc(N)cc1.CNC(=O)Cc1ccccc1. The summed E-state index contributed by atoms with van der Waals surface area (Å²) in [7, 11) is 1.64. The summed E-state index contributed by atoms with van der Waals surface area (Å²) in [6.07, 6.45) is 2.08. The van der Waals surface area contributed by atoms with Gasteiger partial charge in [0.05, 0.1) is 18.3 Å². The van der Waals surface area contributed by atoms with Gasteiger partial charge in [-0.3, -0.25) is 14.8 Å². The number of nitrogens with one attached hydrogen (secondary N) is 1. The first-order chi connectivity index (χ1) is 15.4. The first kappa shape index (κ1) is 24.1. The lowest BCUT2D eigenvalue weighted by Crippen LogP contribution is -2.19. The van der Waals surface area contributed by atoms with Gasteiger partial charge in [-0.2, -0.15) is 0 Å². The summed E-state index contributed by atoms with van der Waals surface area (Å²) in [5.74, 6) is 0.282. The first-order valence-corrected chi connectivity index (χ1v) is 10.0. The molecular formula is C26H28N4O2. The third kappa shape index (κ3) is 7.91. The quantitative estimate of drug-likeness (QED) is 0.399. The number of carbonyl (C=O) groups excluding carboxylic acids is 1. The maximum Gasteiger partial charge on any atom is 0.224 e. The summed E-state index contributed by atoms with van der Waals surface area (Å²) < 4.78 is 0. The van der Waals surface area contributed by atoms with Crippen molar-refractivity contribution in [3.05, 3.63) is 102 Å². The lowest BCUT2D eigenvalue weighted by molar-refractivity contribution is -0.119. The van der Waals surface area contributed by atoms with Gasteiger partial charge in [-0.1, -0.05) is 42.5 Å². The topological polar surface area (TPSA) is 100 Å². The highest BCUT2D eigenvalue weighted by Gasteiger charge is 2.03. The number of nitrogen functional groups attached to an aromatic ring is 1. The van der Waals surface area contributed by atoms with E-state index in [1.165, 1.54) is 0 Å². The van der Waals surface area contributed by atoms with Gasteiger partial charge >= 0.3 is 0 Å². The Labute approximate surface area is 188 Å². The highest BCUT2D eigenvalue weighted by Crippen LogP contribution is 2.20. The molecule has 0 saturated carbocycles. The summed E-state index contributed by atoms with van der Waals surface area (Å²) in [5.41, 5.74) is 10.8. The van der Waals surface area contributed by atoms with E-state index in [4.69, 9.17) is 5.73 Å². The fourth-order valence-corrected chi connectivity index (χ4v) is 2.73. The van der Waals surface area contributed by atoms with Gasteiger partial charge in [0.25, 0.3) is 0 Å². The van der Waals surface area contributed by atoms with Gasteiger partial charge in [-0.15, -0.1) is 0 Å². The van der Waals surface area contributed by atoms with Crippen molar-refractivity contribution in [3.8, 4) is 5.75 Å². The molecule has 0 atom stereocenters. The van der Waals surface area contributed by atoms with Crippen LogP contribution >= 0.6 is 0 Å². The number of benzene rings is 3. The molecule has 3 aromatic carbocycles. The predicted octanol–water partition coefficient (Wildman–Crippen LogP) is 4.46. The summed E-state index contributed by atoms with van der Waals surface area (Å²) >= 11 is 0. The number of amides is 1. The van der Waals surface area contributed by atoms with Crippen molar-refractivity contribution >= 4 is 29.7 Å². The number of rotatable bonds is 6. The van der Waals surface area contributed by atoms with Crippen LogP contribution in [0.5, 0.6) is 5.75 Å². The second kappa shape index (κ2) is 12.5. The van der Waals surface area contributed by atoms with Crippen LogP contribution in [0.25, 0.3) is 5.70 Å². The number of carbonyl (C=O) groups is 1. The standard InChI is InChI=1S/C17H17N3O.C9H11NO/c1-12(13-5-9-16(21)10-6-13)20-17(11-19-2)14-3-7-15(18)8-4-14;1-10-9(11)7-8-5-3-2-4-6-8/h3-11,21H,2,18H2,1H3;2-6H,7H2,1H3,(H,10,11)/b17-11-,20-12?;. The van der Waals surface area contributed by atoms with Crippen LogP contribution in [0.3, 0.4) is 0 Å². The van der Waals surface area contributed by atoms with Gasteiger partial charge in [-0.05, 0) is 61.2 Å². The Morgan fingerprint density at radius 2 is 1.59 bits per heavy atom. The molecule has 3 aromatic rings. The summed E-state index contributed by atoms with van der Waals surface area (Å²) in [5, 5.41) is 11.9. The number of nitrogens with zero attached hydrogens (tertiary/aromatic N) is 2. The molecule has 3 rings (SSSR count). The third-order valence-corrected chi connectivity index (χ3v) is 4.48. The fraction of sp³-hybridized carbons (Fsp3) is 0.115. The van der Waals surface area contributed by atoms with E-state index < -0.39 is 0 Å². The summed E-state index contributed by atoms with van der Waals surface area (Å²) in [6, 6.07) is 24.0. The Morgan fingerprint density at radius 1 is 1.00 bits per heavy atom. The van der Waals surface area contributed by atoms with Crippen LogP contribution in [-0.4, -0.2) is 30.5 Å². The zero-order valence-corrected chi connectivity index (χ0v) is 18.3. The number of hydrogen-bond acceptors (Lipinski definition) is 5. The van der Waals surface area contributed by atoms with Crippen LogP contribution in [-0.2, 0) is 11.2 Å². The average Bonchev–Trinajstić information content (AvgIpc) is 2.81. The van der Waals surface area contributed by atoms with Gasteiger partial charge < -0.3 is 16.2 Å². The van der Waals surface area contributed by atoms with E-state index in [1.54, 1.807) is 25.4 Å². The normalized spacial score (nSPS) is 11.2. The molecule has 0 heterocycles. The zero-order chi connectivity index (χ0) is 23.3. The van der Waals surface area contributed by atoms with Crippen molar-refractivity contribution in [2.75, 3.05) is 12.8 Å². The van der Waals surface area contributed by atoms with Crippen molar-refractivity contribution < 1.29 is 9.90 Å². The monoisotopic (exact) mass is 428 g/mol. The number of aromatic hydroxyl groups is 1. The van der Waals surface area contributed by atoms with Gasteiger partial charge in [0.2, 0.25) is 5.91 Å². The molecule has 4 N–H and O–H groups in total. The Hall–Kier alpha value is -4.19. The molecule has 0 aromatic heterocycles. The molecule has 0 spiro atoms. The van der Waals surface area contributed by atoms with Crippen LogP contribution in [0.1, 0.15) is 23.6 Å². The van der Waals surface area contributed by atoms with E-state index in [0.29, 0.717) is 17.8 Å². The molecule has 6 nitrogen and oxygen atoms in total. The van der Waals surface area contributed by atoms with Crippen molar-refractivity contribution in [2.45, 2.75) is 13.3 Å². The number of phenolic OH excluding ortho intramolecular Hbond substituents is 1. The van der Waals surface area contributed by atoms with E-state index in [0.717, 1.165) is 22.4 Å². The summed E-state index contributed by atoms with van der Waals surface area (Å²) in [4.78, 5) is 19.3. The molecule has 0 radical (unpaired) electrons. The smallest absolute Gasteiger partial charge is 0.224 e. The number of likely N-dealkylation sites (N-methyl/N-ethyl adjacent to an activating group) is 1. The minimum absolute atomic E-state index is 0.0520. The molecule has 1 amide bonds. The number of phenols is 1. The van der Waals surface area contributed by atoms with Gasteiger partial charge in [-0.25, -0.2) is 0 Å². The number of anilines is 1. The highest BCUT2D eigenvalue weighted by atomic mass is 16.3. The van der Waals surface area contributed by atoms with E-state index in [-0.39, 0.29) is 11.7 Å². The largest absolute Gasteiger partial charge is 0.508 e. The van der Waals surface area contributed by atoms with Crippen LogP contribution in [0.15, 0.2) is 95.0 Å². The zero-order valence-electron chi connectivity index (χ0n) is 18.3. The second-order valence-electron chi connectivity index (χ2n) is 6.90. The van der Waals surface area contributed by atoms with Crippen LogP contribution in [0.4, 0.5) is 5.69 Å². The maximum absolute atomic E-state index is 10.9. The van der Waals surface area contributed by atoms with Gasteiger partial charge in [0.1, 0.15) is 5.75 Å². The molecule has 6 heteroatoms.